The van der Waals surface area contributed by atoms with Gasteiger partial charge in [0.05, 0.1) is 23.5 Å². The maximum atomic E-state index is 12.0. The maximum absolute atomic E-state index is 12.0. The minimum atomic E-state index is -0.369. The van der Waals surface area contributed by atoms with Crippen LogP contribution in [0.1, 0.15) is 37.6 Å². The molecule has 0 unspecified atom stereocenters. The first kappa shape index (κ1) is 18.3. The first-order valence-corrected chi connectivity index (χ1v) is 8.67. The van der Waals surface area contributed by atoms with Crippen LogP contribution in [-0.4, -0.2) is 56.1 Å². The number of nitrogens with zero attached hydrogens (tertiary/aromatic N) is 2. The zero-order valence-electron chi connectivity index (χ0n) is 14.8. The van der Waals surface area contributed by atoms with E-state index in [1.807, 2.05) is 13.0 Å². The highest BCUT2D eigenvalue weighted by atomic mass is 16.5. The summed E-state index contributed by atoms with van der Waals surface area (Å²) in [5, 5.41) is 2.92. The number of likely N-dealkylation sites (N-methyl/N-ethyl adjacent to an activating group) is 1. The van der Waals surface area contributed by atoms with Gasteiger partial charge in [-0.1, -0.05) is 13.8 Å². The van der Waals surface area contributed by atoms with Crippen LogP contribution in [0.2, 0.25) is 0 Å². The predicted molar refractivity (Wildman–Crippen MR) is 95.6 cm³/mol. The fourth-order valence-electron chi connectivity index (χ4n) is 2.80. The van der Waals surface area contributed by atoms with Crippen molar-refractivity contribution in [3.8, 4) is 0 Å². The summed E-state index contributed by atoms with van der Waals surface area (Å²) >= 11 is 0. The third-order valence-corrected chi connectivity index (χ3v) is 4.26. The molecule has 0 aliphatic carbocycles. The lowest BCUT2D eigenvalue weighted by molar-refractivity contribution is -0.115. The number of anilines is 2. The summed E-state index contributed by atoms with van der Waals surface area (Å²) < 4.78 is 5.06. The molecule has 24 heavy (non-hydrogen) atoms. The van der Waals surface area contributed by atoms with E-state index in [1.54, 1.807) is 19.1 Å². The van der Waals surface area contributed by atoms with E-state index in [0.29, 0.717) is 24.3 Å². The van der Waals surface area contributed by atoms with Crippen molar-refractivity contribution >= 4 is 23.3 Å². The second-order valence-electron chi connectivity index (χ2n) is 5.78. The molecule has 1 N–H and O–H groups in total. The van der Waals surface area contributed by atoms with E-state index >= 15 is 0 Å². The van der Waals surface area contributed by atoms with Crippen LogP contribution in [0.4, 0.5) is 11.4 Å². The zero-order chi connectivity index (χ0) is 17.5. The average Bonchev–Trinajstić information content (AvgIpc) is 2.62. The van der Waals surface area contributed by atoms with Crippen LogP contribution in [0, 0.1) is 0 Å². The number of carbonyl (C=O) groups is 2. The number of rotatable bonds is 6. The molecular weight excluding hydrogens is 306 g/mol. The second-order valence-corrected chi connectivity index (χ2v) is 5.78. The van der Waals surface area contributed by atoms with Crippen LogP contribution in [-0.2, 0) is 9.53 Å². The largest absolute Gasteiger partial charge is 0.462 e. The summed E-state index contributed by atoms with van der Waals surface area (Å²) in [6.45, 7) is 10.9. The highest BCUT2D eigenvalue weighted by Gasteiger charge is 2.20. The molecule has 1 aliphatic heterocycles. The van der Waals surface area contributed by atoms with Crippen molar-refractivity contribution in [3.05, 3.63) is 23.8 Å². The van der Waals surface area contributed by atoms with Crippen LogP contribution >= 0.6 is 0 Å². The van der Waals surface area contributed by atoms with Crippen LogP contribution in [0.5, 0.6) is 0 Å². The lowest BCUT2D eigenvalue weighted by Crippen LogP contribution is -2.46. The Hall–Kier alpha value is -2.08. The van der Waals surface area contributed by atoms with Gasteiger partial charge < -0.3 is 19.9 Å². The third kappa shape index (κ3) is 4.47. The summed E-state index contributed by atoms with van der Waals surface area (Å²) in [4.78, 5) is 28.5. The van der Waals surface area contributed by atoms with Gasteiger partial charge in [-0.2, -0.15) is 0 Å². The zero-order valence-corrected chi connectivity index (χ0v) is 14.8. The number of esters is 1. The minimum absolute atomic E-state index is 0.0653. The lowest BCUT2D eigenvalue weighted by Gasteiger charge is -2.36. The highest BCUT2D eigenvalue weighted by molar-refractivity contribution is 5.98. The van der Waals surface area contributed by atoms with Crippen LogP contribution in [0.3, 0.4) is 0 Å². The van der Waals surface area contributed by atoms with Gasteiger partial charge in [0.25, 0.3) is 0 Å². The number of amides is 1. The third-order valence-electron chi connectivity index (χ3n) is 4.26. The number of ether oxygens (including phenoxy) is 1. The standard InChI is InChI=1S/C18H27N3O3/c1-4-17(22)19-15-13-14(18(23)24-6-3)7-8-16(15)21-11-9-20(5-2)10-12-21/h7-8,13H,4-6,9-12H2,1-3H3,(H,19,22). The van der Waals surface area contributed by atoms with Crippen molar-refractivity contribution in [1.29, 1.82) is 0 Å². The molecule has 0 atom stereocenters. The van der Waals surface area contributed by atoms with Gasteiger partial charge in [0, 0.05) is 32.6 Å². The van der Waals surface area contributed by atoms with E-state index < -0.39 is 0 Å². The van der Waals surface area contributed by atoms with E-state index in [-0.39, 0.29) is 11.9 Å². The molecule has 2 rings (SSSR count). The average molecular weight is 333 g/mol. The van der Waals surface area contributed by atoms with Gasteiger partial charge in [-0.3, -0.25) is 4.79 Å². The van der Waals surface area contributed by atoms with Gasteiger partial charge in [0.15, 0.2) is 0 Å². The normalized spacial score (nSPS) is 15.2. The Balaban J connectivity index is 2.25. The Labute approximate surface area is 143 Å². The van der Waals surface area contributed by atoms with Crippen molar-refractivity contribution in [2.75, 3.05) is 49.5 Å². The number of nitrogens with one attached hydrogen (secondary N) is 1. The Morgan fingerprint density at radius 3 is 2.42 bits per heavy atom. The van der Waals surface area contributed by atoms with Crippen molar-refractivity contribution in [1.82, 2.24) is 4.90 Å². The van der Waals surface area contributed by atoms with Gasteiger partial charge >= 0.3 is 5.97 Å². The van der Waals surface area contributed by atoms with E-state index in [0.717, 1.165) is 38.4 Å². The molecule has 0 radical (unpaired) electrons. The van der Waals surface area contributed by atoms with Gasteiger partial charge in [-0.25, -0.2) is 4.79 Å². The molecule has 1 saturated heterocycles. The molecule has 6 nitrogen and oxygen atoms in total. The molecule has 1 aromatic carbocycles. The molecule has 1 aliphatic rings. The van der Waals surface area contributed by atoms with Crippen molar-refractivity contribution in [2.24, 2.45) is 0 Å². The van der Waals surface area contributed by atoms with Crippen molar-refractivity contribution in [3.63, 3.8) is 0 Å². The quantitative estimate of drug-likeness (QED) is 0.810. The summed E-state index contributed by atoms with van der Waals surface area (Å²) in [7, 11) is 0. The molecule has 0 spiro atoms. The molecule has 0 saturated carbocycles. The van der Waals surface area contributed by atoms with E-state index in [9.17, 15) is 9.59 Å². The SMILES string of the molecule is CCOC(=O)c1ccc(N2CCN(CC)CC2)c(NC(=O)CC)c1. The highest BCUT2D eigenvalue weighted by Crippen LogP contribution is 2.29. The first-order valence-electron chi connectivity index (χ1n) is 8.67. The summed E-state index contributed by atoms with van der Waals surface area (Å²) in [6, 6.07) is 5.38. The van der Waals surface area contributed by atoms with Gasteiger partial charge in [0.2, 0.25) is 5.91 Å². The lowest BCUT2D eigenvalue weighted by atomic mass is 10.1. The molecule has 6 heteroatoms. The monoisotopic (exact) mass is 333 g/mol. The van der Waals surface area contributed by atoms with E-state index in [2.05, 4.69) is 22.0 Å². The fraction of sp³-hybridized carbons (Fsp3) is 0.556. The molecule has 1 heterocycles. The molecule has 132 valence electrons. The van der Waals surface area contributed by atoms with Gasteiger partial charge in [-0.05, 0) is 31.7 Å². The Morgan fingerprint density at radius 2 is 1.83 bits per heavy atom. The summed E-state index contributed by atoms with van der Waals surface area (Å²) in [5.41, 5.74) is 2.09. The molecular formula is C18H27N3O3. The van der Waals surface area contributed by atoms with Crippen LogP contribution in [0.15, 0.2) is 18.2 Å². The van der Waals surface area contributed by atoms with Crippen LogP contribution in [0.25, 0.3) is 0 Å². The molecule has 1 aromatic rings. The van der Waals surface area contributed by atoms with Crippen molar-refractivity contribution in [2.45, 2.75) is 27.2 Å². The predicted octanol–water partition coefficient (Wildman–Crippen LogP) is 2.35. The summed E-state index contributed by atoms with van der Waals surface area (Å²) in [5.74, 6) is -0.434. The number of piperazine rings is 1. The van der Waals surface area contributed by atoms with E-state index in [1.165, 1.54) is 0 Å². The molecule has 0 aromatic heterocycles. The number of hydrogen-bond donors (Lipinski definition) is 1. The minimum Gasteiger partial charge on any atom is -0.462 e. The van der Waals surface area contributed by atoms with E-state index in [4.69, 9.17) is 4.74 Å². The Bertz CT molecular complexity index is 581. The van der Waals surface area contributed by atoms with Crippen molar-refractivity contribution < 1.29 is 14.3 Å². The molecule has 1 amide bonds. The van der Waals surface area contributed by atoms with Gasteiger partial charge in [-0.15, -0.1) is 0 Å². The fourth-order valence-corrected chi connectivity index (χ4v) is 2.80. The second kappa shape index (κ2) is 8.68. The number of benzene rings is 1. The Kier molecular flexibility index (Phi) is 6.61. The number of carbonyl (C=O) groups excluding carboxylic acids is 2. The summed E-state index contributed by atoms with van der Waals surface area (Å²) in [6.07, 6.45) is 0.396. The van der Waals surface area contributed by atoms with Gasteiger partial charge in [0.1, 0.15) is 0 Å². The molecule has 1 fully saturated rings. The van der Waals surface area contributed by atoms with Crippen LogP contribution < -0.4 is 10.2 Å². The Morgan fingerprint density at radius 1 is 1.12 bits per heavy atom. The first-order chi connectivity index (χ1) is 11.6. The maximum Gasteiger partial charge on any atom is 0.338 e. The smallest absolute Gasteiger partial charge is 0.338 e. The number of hydrogen-bond acceptors (Lipinski definition) is 5. The molecule has 0 bridgehead atoms. The topological polar surface area (TPSA) is 61.9 Å².